The number of anilines is 1. The lowest BCUT2D eigenvalue weighted by Crippen LogP contribution is -2.30. The van der Waals surface area contributed by atoms with E-state index < -0.39 is 6.04 Å². The van der Waals surface area contributed by atoms with E-state index in [4.69, 9.17) is 0 Å². The van der Waals surface area contributed by atoms with E-state index in [1.54, 1.807) is 24.5 Å². The number of aromatic hydroxyl groups is 1. The summed E-state index contributed by atoms with van der Waals surface area (Å²) in [6.45, 7) is 0.402. The van der Waals surface area contributed by atoms with Gasteiger partial charge >= 0.3 is 0 Å². The summed E-state index contributed by atoms with van der Waals surface area (Å²) in [5.74, 6) is 0.495. The van der Waals surface area contributed by atoms with Crippen LogP contribution in [0.25, 0.3) is 10.8 Å². The van der Waals surface area contributed by atoms with E-state index in [-0.39, 0.29) is 18.1 Å². The fourth-order valence-corrected chi connectivity index (χ4v) is 3.47. The SMILES string of the molecule is O=C(CCNc1ncccn1)NC(c1ccccc1)c1c(O)ccc2ccccc12. The number of phenols is 1. The van der Waals surface area contributed by atoms with Gasteiger partial charge in [-0.3, -0.25) is 4.79 Å². The van der Waals surface area contributed by atoms with Crippen LogP contribution in [-0.2, 0) is 4.79 Å². The highest BCUT2D eigenvalue weighted by molar-refractivity contribution is 5.89. The van der Waals surface area contributed by atoms with Crippen LogP contribution < -0.4 is 10.6 Å². The van der Waals surface area contributed by atoms with Gasteiger partial charge in [0.15, 0.2) is 0 Å². The number of aromatic nitrogens is 2. The maximum absolute atomic E-state index is 12.8. The lowest BCUT2D eigenvalue weighted by molar-refractivity contribution is -0.121. The van der Waals surface area contributed by atoms with Crippen LogP contribution in [0.3, 0.4) is 0 Å². The zero-order valence-corrected chi connectivity index (χ0v) is 16.3. The molecule has 6 heteroatoms. The second kappa shape index (κ2) is 9.05. The zero-order valence-electron chi connectivity index (χ0n) is 16.3. The van der Waals surface area contributed by atoms with Gasteiger partial charge in [0.05, 0.1) is 6.04 Å². The number of carbonyl (C=O) groups is 1. The van der Waals surface area contributed by atoms with Crippen molar-refractivity contribution in [1.82, 2.24) is 15.3 Å². The van der Waals surface area contributed by atoms with Gasteiger partial charge in [0.25, 0.3) is 0 Å². The van der Waals surface area contributed by atoms with Crippen molar-refractivity contribution in [3.05, 3.63) is 96.3 Å². The summed E-state index contributed by atoms with van der Waals surface area (Å²) in [4.78, 5) is 20.9. The van der Waals surface area contributed by atoms with Crippen molar-refractivity contribution in [1.29, 1.82) is 0 Å². The van der Waals surface area contributed by atoms with Crippen molar-refractivity contribution >= 4 is 22.6 Å². The third kappa shape index (κ3) is 4.38. The summed E-state index contributed by atoms with van der Waals surface area (Å²) >= 11 is 0. The molecule has 3 N–H and O–H groups in total. The van der Waals surface area contributed by atoms with Crippen molar-refractivity contribution in [3.8, 4) is 5.75 Å². The van der Waals surface area contributed by atoms with Crippen LogP contribution in [0.2, 0.25) is 0 Å². The Morgan fingerprint density at radius 1 is 0.900 bits per heavy atom. The molecule has 0 fully saturated rings. The van der Waals surface area contributed by atoms with E-state index in [0.29, 0.717) is 18.1 Å². The molecule has 1 aromatic heterocycles. The standard InChI is InChI=1S/C24H22N4O2/c29-20-12-11-17-7-4-5-10-19(17)22(20)23(18-8-2-1-3-9-18)28-21(30)13-16-27-24-25-14-6-15-26-24/h1-12,14-15,23,29H,13,16H2,(H,28,30)(H,25,26,27). The predicted octanol–water partition coefficient (Wildman–Crippen LogP) is 4.04. The third-order valence-electron chi connectivity index (χ3n) is 4.88. The first kappa shape index (κ1) is 19.4. The minimum atomic E-state index is -0.474. The highest BCUT2D eigenvalue weighted by Gasteiger charge is 2.22. The fourth-order valence-electron chi connectivity index (χ4n) is 3.47. The summed E-state index contributed by atoms with van der Waals surface area (Å²) in [5.41, 5.74) is 1.59. The van der Waals surface area contributed by atoms with Crippen molar-refractivity contribution in [2.75, 3.05) is 11.9 Å². The van der Waals surface area contributed by atoms with Crippen LogP contribution in [-0.4, -0.2) is 27.5 Å². The highest BCUT2D eigenvalue weighted by atomic mass is 16.3. The molecule has 0 saturated carbocycles. The molecule has 1 atom stereocenters. The molecule has 0 bridgehead atoms. The molecule has 30 heavy (non-hydrogen) atoms. The van der Waals surface area contributed by atoms with E-state index >= 15 is 0 Å². The Kier molecular flexibility index (Phi) is 5.85. The highest BCUT2D eigenvalue weighted by Crippen LogP contribution is 2.35. The van der Waals surface area contributed by atoms with Gasteiger partial charge in [-0.2, -0.15) is 0 Å². The summed E-state index contributed by atoms with van der Waals surface area (Å²) in [6.07, 6.45) is 3.53. The number of hydrogen-bond donors (Lipinski definition) is 3. The number of fused-ring (bicyclic) bond motifs is 1. The number of rotatable bonds is 7. The van der Waals surface area contributed by atoms with Gasteiger partial charge in [-0.15, -0.1) is 0 Å². The summed E-state index contributed by atoms with van der Waals surface area (Å²) < 4.78 is 0. The van der Waals surface area contributed by atoms with E-state index in [1.807, 2.05) is 60.7 Å². The molecule has 0 aliphatic heterocycles. The molecular weight excluding hydrogens is 376 g/mol. The second-order valence-corrected chi connectivity index (χ2v) is 6.88. The second-order valence-electron chi connectivity index (χ2n) is 6.88. The zero-order chi connectivity index (χ0) is 20.8. The van der Waals surface area contributed by atoms with E-state index in [0.717, 1.165) is 16.3 Å². The number of amides is 1. The van der Waals surface area contributed by atoms with Crippen LogP contribution in [0.15, 0.2) is 85.2 Å². The number of phenolic OH excluding ortho intramolecular Hbond substituents is 1. The van der Waals surface area contributed by atoms with Crippen molar-refractivity contribution in [2.45, 2.75) is 12.5 Å². The predicted molar refractivity (Wildman–Crippen MR) is 117 cm³/mol. The molecule has 0 radical (unpaired) electrons. The maximum Gasteiger partial charge on any atom is 0.222 e. The first-order valence-electron chi connectivity index (χ1n) is 9.78. The van der Waals surface area contributed by atoms with Crippen LogP contribution in [0.1, 0.15) is 23.6 Å². The first-order valence-corrected chi connectivity index (χ1v) is 9.78. The molecule has 4 rings (SSSR count). The Morgan fingerprint density at radius 2 is 1.63 bits per heavy atom. The average Bonchev–Trinajstić information content (AvgIpc) is 2.79. The molecule has 0 aliphatic carbocycles. The number of hydrogen-bond acceptors (Lipinski definition) is 5. The Bertz CT molecular complexity index is 1130. The van der Waals surface area contributed by atoms with Gasteiger partial charge < -0.3 is 15.7 Å². The molecule has 0 saturated heterocycles. The molecule has 6 nitrogen and oxygen atoms in total. The Balaban J connectivity index is 1.59. The Hall–Kier alpha value is -3.93. The topological polar surface area (TPSA) is 87.1 Å². The largest absolute Gasteiger partial charge is 0.508 e. The lowest BCUT2D eigenvalue weighted by Gasteiger charge is -2.22. The minimum Gasteiger partial charge on any atom is -0.508 e. The molecule has 0 spiro atoms. The fraction of sp³-hybridized carbons (Fsp3) is 0.125. The maximum atomic E-state index is 12.8. The molecule has 0 aliphatic rings. The number of nitrogens with one attached hydrogen (secondary N) is 2. The monoisotopic (exact) mass is 398 g/mol. The van der Waals surface area contributed by atoms with Crippen LogP contribution in [0.4, 0.5) is 5.95 Å². The normalized spacial score (nSPS) is 11.7. The molecule has 1 amide bonds. The Morgan fingerprint density at radius 3 is 2.43 bits per heavy atom. The number of nitrogens with zero attached hydrogens (tertiary/aromatic N) is 2. The van der Waals surface area contributed by atoms with Gasteiger partial charge in [-0.1, -0.05) is 60.7 Å². The van der Waals surface area contributed by atoms with Crippen molar-refractivity contribution < 1.29 is 9.90 Å². The molecule has 150 valence electrons. The molecule has 4 aromatic rings. The van der Waals surface area contributed by atoms with E-state index in [1.165, 1.54) is 0 Å². The van der Waals surface area contributed by atoms with Gasteiger partial charge in [0, 0.05) is 30.9 Å². The molecular formula is C24H22N4O2. The third-order valence-corrected chi connectivity index (χ3v) is 4.88. The summed E-state index contributed by atoms with van der Waals surface area (Å²) in [7, 11) is 0. The van der Waals surface area contributed by atoms with Crippen LogP contribution >= 0.6 is 0 Å². The van der Waals surface area contributed by atoms with Gasteiger partial charge in [0.2, 0.25) is 11.9 Å². The summed E-state index contributed by atoms with van der Waals surface area (Å²) in [5, 5.41) is 18.7. The van der Waals surface area contributed by atoms with Crippen LogP contribution in [0, 0.1) is 0 Å². The quantitative estimate of drug-likeness (QED) is 0.437. The molecule has 1 heterocycles. The van der Waals surface area contributed by atoms with Gasteiger partial charge in [0.1, 0.15) is 5.75 Å². The summed E-state index contributed by atoms with van der Waals surface area (Å²) in [6, 6.07) is 22.3. The number of carbonyl (C=O) groups excluding carboxylic acids is 1. The van der Waals surface area contributed by atoms with Crippen molar-refractivity contribution in [3.63, 3.8) is 0 Å². The average molecular weight is 398 g/mol. The van der Waals surface area contributed by atoms with Gasteiger partial charge in [-0.05, 0) is 28.5 Å². The van der Waals surface area contributed by atoms with E-state index in [9.17, 15) is 9.90 Å². The molecule has 1 unspecified atom stereocenters. The number of benzene rings is 3. The van der Waals surface area contributed by atoms with Crippen molar-refractivity contribution in [2.24, 2.45) is 0 Å². The van der Waals surface area contributed by atoms with Crippen LogP contribution in [0.5, 0.6) is 5.75 Å². The molecule has 3 aromatic carbocycles. The lowest BCUT2D eigenvalue weighted by atomic mass is 9.92. The smallest absolute Gasteiger partial charge is 0.222 e. The Labute approximate surface area is 174 Å². The minimum absolute atomic E-state index is 0.139. The van der Waals surface area contributed by atoms with Gasteiger partial charge in [-0.25, -0.2) is 9.97 Å². The first-order chi connectivity index (χ1) is 14.7. The van der Waals surface area contributed by atoms with E-state index in [2.05, 4.69) is 20.6 Å².